The number of aliphatic hydroxyl groups is 1. The quantitative estimate of drug-likeness (QED) is 0.901. The van der Waals surface area contributed by atoms with Crippen LogP contribution in [0.1, 0.15) is 18.5 Å². The van der Waals surface area contributed by atoms with E-state index < -0.39 is 0 Å². The molecule has 17 heavy (non-hydrogen) atoms. The molecule has 0 spiro atoms. The number of rotatable bonds is 4. The van der Waals surface area contributed by atoms with Crippen LogP contribution in [-0.4, -0.2) is 33.8 Å². The summed E-state index contributed by atoms with van der Waals surface area (Å²) < 4.78 is 7.32. The SMILES string of the molecule is OC(Cc1cn2ccsc2n1)CC1CCOC1. The molecule has 4 nitrogen and oxygen atoms in total. The highest BCUT2D eigenvalue weighted by molar-refractivity contribution is 7.15. The van der Waals surface area contributed by atoms with Gasteiger partial charge >= 0.3 is 0 Å². The van der Waals surface area contributed by atoms with Crippen molar-refractivity contribution in [3.05, 3.63) is 23.5 Å². The molecule has 1 aliphatic heterocycles. The van der Waals surface area contributed by atoms with E-state index >= 15 is 0 Å². The van der Waals surface area contributed by atoms with E-state index in [1.165, 1.54) is 0 Å². The molecular weight excluding hydrogens is 236 g/mol. The van der Waals surface area contributed by atoms with E-state index in [1.807, 2.05) is 22.2 Å². The number of imidazole rings is 1. The second-order valence-electron chi connectivity index (χ2n) is 4.65. The third-order valence-electron chi connectivity index (χ3n) is 3.22. The summed E-state index contributed by atoms with van der Waals surface area (Å²) >= 11 is 1.62. The van der Waals surface area contributed by atoms with Gasteiger partial charge in [-0.2, -0.15) is 0 Å². The zero-order valence-electron chi connectivity index (χ0n) is 9.58. The topological polar surface area (TPSA) is 46.8 Å². The minimum atomic E-state index is -0.300. The van der Waals surface area contributed by atoms with E-state index in [-0.39, 0.29) is 6.10 Å². The average Bonchev–Trinajstić information content (AvgIpc) is 2.92. The Kier molecular flexibility index (Phi) is 3.13. The molecule has 0 saturated carbocycles. The van der Waals surface area contributed by atoms with Crippen molar-refractivity contribution in [2.75, 3.05) is 13.2 Å². The lowest BCUT2D eigenvalue weighted by Gasteiger charge is -2.12. The van der Waals surface area contributed by atoms with Crippen LogP contribution >= 0.6 is 11.3 Å². The second-order valence-corrected chi connectivity index (χ2v) is 5.52. The van der Waals surface area contributed by atoms with Gasteiger partial charge in [0.1, 0.15) is 0 Å². The number of nitrogens with zero attached hydrogens (tertiary/aromatic N) is 2. The molecule has 0 amide bonds. The van der Waals surface area contributed by atoms with Crippen LogP contribution in [-0.2, 0) is 11.2 Å². The first-order chi connectivity index (χ1) is 8.31. The lowest BCUT2D eigenvalue weighted by molar-refractivity contribution is 0.128. The molecule has 3 heterocycles. The Morgan fingerprint density at radius 1 is 1.65 bits per heavy atom. The van der Waals surface area contributed by atoms with Crippen molar-refractivity contribution in [2.45, 2.75) is 25.4 Å². The zero-order valence-corrected chi connectivity index (χ0v) is 10.4. The largest absolute Gasteiger partial charge is 0.393 e. The summed E-state index contributed by atoms with van der Waals surface area (Å²) in [4.78, 5) is 5.47. The number of fused-ring (bicyclic) bond motifs is 1. The van der Waals surface area contributed by atoms with E-state index in [0.717, 1.165) is 36.7 Å². The molecule has 0 aliphatic carbocycles. The van der Waals surface area contributed by atoms with Gasteiger partial charge in [0.05, 0.1) is 11.8 Å². The number of hydrogen-bond donors (Lipinski definition) is 1. The summed E-state index contributed by atoms with van der Waals surface area (Å²) in [5.41, 5.74) is 0.975. The molecule has 0 bridgehead atoms. The molecule has 5 heteroatoms. The van der Waals surface area contributed by atoms with Crippen molar-refractivity contribution in [3.63, 3.8) is 0 Å². The highest BCUT2D eigenvalue weighted by Gasteiger charge is 2.20. The summed E-state index contributed by atoms with van der Waals surface area (Å²) in [6.07, 6.45) is 6.24. The maximum Gasteiger partial charge on any atom is 0.193 e. The fourth-order valence-corrected chi connectivity index (χ4v) is 3.07. The number of thiazole rings is 1. The van der Waals surface area contributed by atoms with Crippen molar-refractivity contribution >= 4 is 16.3 Å². The van der Waals surface area contributed by atoms with Crippen molar-refractivity contribution in [3.8, 4) is 0 Å². The van der Waals surface area contributed by atoms with Crippen LogP contribution in [0.15, 0.2) is 17.8 Å². The van der Waals surface area contributed by atoms with E-state index in [0.29, 0.717) is 12.3 Å². The van der Waals surface area contributed by atoms with Crippen LogP contribution in [0.5, 0.6) is 0 Å². The molecule has 1 saturated heterocycles. The maximum atomic E-state index is 10.0. The van der Waals surface area contributed by atoms with Crippen LogP contribution in [0, 0.1) is 5.92 Å². The molecule has 92 valence electrons. The average molecular weight is 252 g/mol. The Hall–Kier alpha value is -0.910. The van der Waals surface area contributed by atoms with Crippen LogP contribution in [0.4, 0.5) is 0 Å². The summed E-state index contributed by atoms with van der Waals surface area (Å²) in [6.45, 7) is 1.65. The summed E-state index contributed by atoms with van der Waals surface area (Å²) in [7, 11) is 0. The number of aliphatic hydroxyl groups excluding tert-OH is 1. The highest BCUT2D eigenvalue weighted by Crippen LogP contribution is 2.20. The van der Waals surface area contributed by atoms with Gasteiger partial charge in [0.25, 0.3) is 0 Å². The molecule has 2 unspecified atom stereocenters. The number of hydrogen-bond acceptors (Lipinski definition) is 4. The highest BCUT2D eigenvalue weighted by atomic mass is 32.1. The van der Waals surface area contributed by atoms with Gasteiger partial charge in [0, 0.05) is 37.4 Å². The molecule has 2 aromatic rings. The first-order valence-corrected chi connectivity index (χ1v) is 6.86. The van der Waals surface area contributed by atoms with E-state index in [9.17, 15) is 5.11 Å². The van der Waals surface area contributed by atoms with E-state index in [1.54, 1.807) is 11.3 Å². The van der Waals surface area contributed by atoms with Crippen LogP contribution in [0.25, 0.3) is 4.96 Å². The molecule has 3 rings (SSSR count). The van der Waals surface area contributed by atoms with Crippen molar-refractivity contribution in [1.82, 2.24) is 9.38 Å². The van der Waals surface area contributed by atoms with Crippen LogP contribution < -0.4 is 0 Å². The predicted octanol–water partition coefficient (Wildman–Crippen LogP) is 1.73. The van der Waals surface area contributed by atoms with Gasteiger partial charge < -0.3 is 9.84 Å². The molecule has 1 aliphatic rings. The lowest BCUT2D eigenvalue weighted by atomic mass is 9.98. The van der Waals surface area contributed by atoms with E-state index in [2.05, 4.69) is 4.98 Å². The normalized spacial score (nSPS) is 22.3. The minimum Gasteiger partial charge on any atom is -0.393 e. The van der Waals surface area contributed by atoms with Crippen molar-refractivity contribution < 1.29 is 9.84 Å². The summed E-state index contributed by atoms with van der Waals surface area (Å²) in [5, 5.41) is 12.0. The zero-order chi connectivity index (χ0) is 11.7. The fraction of sp³-hybridized carbons (Fsp3) is 0.583. The standard InChI is InChI=1S/C12H16N2O2S/c15-11(5-9-1-3-16-8-9)6-10-7-14-2-4-17-12(14)13-10/h2,4,7,9,11,15H,1,3,5-6,8H2. The Morgan fingerprint density at radius 3 is 3.35 bits per heavy atom. The predicted molar refractivity (Wildman–Crippen MR) is 66.3 cm³/mol. The summed E-state index contributed by atoms with van der Waals surface area (Å²) in [5.74, 6) is 0.522. The first kappa shape index (κ1) is 11.2. The van der Waals surface area contributed by atoms with Crippen molar-refractivity contribution in [1.29, 1.82) is 0 Å². The molecule has 2 atom stereocenters. The number of aromatic nitrogens is 2. The smallest absolute Gasteiger partial charge is 0.193 e. The van der Waals surface area contributed by atoms with E-state index in [4.69, 9.17) is 4.74 Å². The monoisotopic (exact) mass is 252 g/mol. The van der Waals surface area contributed by atoms with Crippen molar-refractivity contribution in [2.24, 2.45) is 5.92 Å². The molecule has 1 N–H and O–H groups in total. The molecular formula is C12H16N2O2S. The second kappa shape index (κ2) is 4.76. The Balaban J connectivity index is 1.60. The Labute approximate surface area is 104 Å². The molecule has 0 radical (unpaired) electrons. The van der Waals surface area contributed by atoms with Gasteiger partial charge in [0.2, 0.25) is 0 Å². The fourth-order valence-electron chi connectivity index (χ4n) is 2.35. The van der Waals surface area contributed by atoms with Gasteiger partial charge in [-0.05, 0) is 18.8 Å². The molecule has 2 aromatic heterocycles. The third-order valence-corrected chi connectivity index (χ3v) is 3.99. The van der Waals surface area contributed by atoms with Crippen LogP contribution in [0.2, 0.25) is 0 Å². The summed E-state index contributed by atoms with van der Waals surface area (Å²) in [6, 6.07) is 0. The van der Waals surface area contributed by atoms with Gasteiger partial charge in [-0.3, -0.25) is 4.40 Å². The molecule has 0 aromatic carbocycles. The number of ether oxygens (including phenoxy) is 1. The first-order valence-electron chi connectivity index (χ1n) is 5.98. The minimum absolute atomic E-state index is 0.300. The lowest BCUT2D eigenvalue weighted by Crippen LogP contribution is -2.16. The maximum absolute atomic E-state index is 10.0. The van der Waals surface area contributed by atoms with Gasteiger partial charge in [0.15, 0.2) is 4.96 Å². The Bertz CT molecular complexity index is 459. The van der Waals surface area contributed by atoms with Crippen LogP contribution in [0.3, 0.4) is 0 Å². The Morgan fingerprint density at radius 2 is 2.59 bits per heavy atom. The van der Waals surface area contributed by atoms with Gasteiger partial charge in [-0.25, -0.2) is 4.98 Å². The van der Waals surface area contributed by atoms with Gasteiger partial charge in [-0.15, -0.1) is 11.3 Å². The van der Waals surface area contributed by atoms with Gasteiger partial charge in [-0.1, -0.05) is 0 Å². The third kappa shape index (κ3) is 2.51. The molecule has 1 fully saturated rings.